The Hall–Kier alpha value is -2.82. The lowest BCUT2D eigenvalue weighted by molar-refractivity contribution is -0.128. The number of amides is 2. The number of likely N-dealkylation sites (N-methyl/N-ethyl adjacent to an activating group) is 1. The first kappa shape index (κ1) is 14.1. The Morgan fingerprint density at radius 2 is 1.77 bits per heavy atom. The van der Waals surface area contributed by atoms with Crippen molar-refractivity contribution >= 4 is 23.2 Å². The van der Waals surface area contributed by atoms with E-state index in [0.717, 1.165) is 11.3 Å². The minimum Gasteiger partial charge on any atom is -0.399 e. The van der Waals surface area contributed by atoms with E-state index >= 15 is 0 Å². The van der Waals surface area contributed by atoms with Crippen LogP contribution in [0.25, 0.3) is 0 Å². The molecule has 1 heterocycles. The Morgan fingerprint density at radius 1 is 1.09 bits per heavy atom. The molecule has 0 aromatic heterocycles. The van der Waals surface area contributed by atoms with E-state index in [0.29, 0.717) is 17.7 Å². The van der Waals surface area contributed by atoms with Gasteiger partial charge in [-0.2, -0.15) is 0 Å². The second kappa shape index (κ2) is 5.52. The molecule has 0 saturated heterocycles. The van der Waals surface area contributed by atoms with Crippen LogP contribution in [0.1, 0.15) is 15.9 Å². The summed E-state index contributed by atoms with van der Waals surface area (Å²) in [5.41, 5.74) is 8.47. The van der Waals surface area contributed by atoms with Gasteiger partial charge in [0, 0.05) is 24.0 Å². The van der Waals surface area contributed by atoms with Gasteiger partial charge in [0.15, 0.2) is 0 Å². The molecule has 2 N–H and O–H groups in total. The molecule has 0 radical (unpaired) electrons. The molecule has 1 aliphatic heterocycles. The van der Waals surface area contributed by atoms with Gasteiger partial charge in [0.25, 0.3) is 5.91 Å². The average molecular weight is 295 g/mol. The number of rotatable bonds is 1. The number of carbonyl (C=O) groups excluding carboxylic acids is 2. The van der Waals surface area contributed by atoms with E-state index in [1.165, 1.54) is 0 Å². The van der Waals surface area contributed by atoms with Crippen LogP contribution in [0.15, 0.2) is 48.5 Å². The number of hydrogen-bond donors (Lipinski definition) is 1. The summed E-state index contributed by atoms with van der Waals surface area (Å²) in [4.78, 5) is 28.1. The molecule has 22 heavy (non-hydrogen) atoms. The van der Waals surface area contributed by atoms with Crippen LogP contribution in [0.2, 0.25) is 0 Å². The van der Waals surface area contributed by atoms with Gasteiger partial charge in [0.2, 0.25) is 5.91 Å². The van der Waals surface area contributed by atoms with E-state index in [1.54, 1.807) is 41.1 Å². The first-order chi connectivity index (χ1) is 10.6. The number of nitrogens with zero attached hydrogens (tertiary/aromatic N) is 2. The van der Waals surface area contributed by atoms with Crippen molar-refractivity contribution in [2.45, 2.75) is 6.42 Å². The Balaban J connectivity index is 2.02. The molecule has 2 aromatic rings. The molecule has 0 spiro atoms. The second-order valence-corrected chi connectivity index (χ2v) is 5.39. The molecule has 2 aromatic carbocycles. The van der Waals surface area contributed by atoms with Crippen LogP contribution < -0.4 is 10.6 Å². The van der Waals surface area contributed by atoms with Gasteiger partial charge in [-0.05, 0) is 35.9 Å². The molecular weight excluding hydrogens is 278 g/mol. The number of carbonyl (C=O) groups is 2. The van der Waals surface area contributed by atoms with Crippen molar-refractivity contribution in [1.82, 2.24) is 4.90 Å². The van der Waals surface area contributed by atoms with Crippen molar-refractivity contribution < 1.29 is 9.59 Å². The molecule has 0 bridgehead atoms. The molecule has 0 fully saturated rings. The maximum absolute atomic E-state index is 12.8. The van der Waals surface area contributed by atoms with Crippen molar-refractivity contribution in [1.29, 1.82) is 0 Å². The summed E-state index contributed by atoms with van der Waals surface area (Å²) in [6.45, 7) is 0.235. The van der Waals surface area contributed by atoms with Crippen LogP contribution in [0, 0.1) is 0 Å². The molecule has 5 heteroatoms. The lowest BCUT2D eigenvalue weighted by Crippen LogP contribution is -2.41. The quantitative estimate of drug-likeness (QED) is 0.817. The monoisotopic (exact) mass is 295 g/mol. The van der Waals surface area contributed by atoms with Gasteiger partial charge in [-0.25, -0.2) is 0 Å². The minimum atomic E-state index is -0.144. The summed E-state index contributed by atoms with van der Waals surface area (Å²) in [5, 5.41) is 0. The van der Waals surface area contributed by atoms with E-state index in [1.807, 2.05) is 24.3 Å². The zero-order chi connectivity index (χ0) is 15.7. The third-order valence-corrected chi connectivity index (χ3v) is 3.81. The predicted octanol–water partition coefficient (Wildman–Crippen LogP) is 1.89. The lowest BCUT2D eigenvalue weighted by Gasteiger charge is -2.26. The molecule has 2 amide bonds. The molecular formula is C17H17N3O2. The third-order valence-electron chi connectivity index (χ3n) is 3.81. The summed E-state index contributed by atoms with van der Waals surface area (Å²) in [6, 6.07) is 14.3. The highest BCUT2D eigenvalue weighted by molar-refractivity contribution is 6.07. The Kier molecular flexibility index (Phi) is 3.55. The molecule has 0 saturated carbocycles. The van der Waals surface area contributed by atoms with Crippen LogP contribution in [0.3, 0.4) is 0 Å². The van der Waals surface area contributed by atoms with E-state index in [4.69, 9.17) is 5.73 Å². The van der Waals surface area contributed by atoms with Gasteiger partial charge in [0.05, 0.1) is 6.42 Å². The van der Waals surface area contributed by atoms with Gasteiger partial charge in [0.1, 0.15) is 6.67 Å². The fraction of sp³-hybridized carbons (Fsp3) is 0.176. The summed E-state index contributed by atoms with van der Waals surface area (Å²) >= 11 is 0. The van der Waals surface area contributed by atoms with Crippen molar-refractivity contribution in [3.05, 3.63) is 59.7 Å². The van der Waals surface area contributed by atoms with Crippen LogP contribution in [-0.2, 0) is 11.2 Å². The number of nitrogens with two attached hydrogens (primary N) is 1. The highest BCUT2D eigenvalue weighted by Gasteiger charge is 2.27. The summed E-state index contributed by atoms with van der Waals surface area (Å²) in [5.74, 6) is -0.144. The molecule has 0 atom stereocenters. The fourth-order valence-corrected chi connectivity index (χ4v) is 2.54. The first-order valence-corrected chi connectivity index (χ1v) is 7.05. The van der Waals surface area contributed by atoms with Crippen molar-refractivity contribution in [2.24, 2.45) is 0 Å². The minimum absolute atomic E-state index is 0.0000520. The molecule has 0 unspecified atom stereocenters. The molecule has 1 aliphatic rings. The summed E-state index contributed by atoms with van der Waals surface area (Å²) in [7, 11) is 1.71. The normalized spacial score (nSPS) is 14.5. The smallest absolute Gasteiger partial charge is 0.259 e. The number of hydrogen-bond acceptors (Lipinski definition) is 3. The second-order valence-electron chi connectivity index (χ2n) is 5.39. The summed E-state index contributed by atoms with van der Waals surface area (Å²) in [6.07, 6.45) is 0.304. The highest BCUT2D eigenvalue weighted by Crippen LogP contribution is 2.26. The third kappa shape index (κ3) is 2.53. The SMILES string of the molecule is CN1CN(C(=O)c2ccc(N)cc2)c2ccccc2CC1=O. The largest absolute Gasteiger partial charge is 0.399 e. The van der Waals surface area contributed by atoms with Crippen molar-refractivity contribution in [2.75, 3.05) is 24.3 Å². The van der Waals surface area contributed by atoms with Crippen LogP contribution in [0.4, 0.5) is 11.4 Å². The van der Waals surface area contributed by atoms with E-state index in [9.17, 15) is 9.59 Å². The summed E-state index contributed by atoms with van der Waals surface area (Å²) < 4.78 is 0. The van der Waals surface area contributed by atoms with Crippen molar-refractivity contribution in [3.63, 3.8) is 0 Å². The van der Waals surface area contributed by atoms with E-state index in [-0.39, 0.29) is 18.5 Å². The first-order valence-electron chi connectivity index (χ1n) is 7.05. The Bertz CT molecular complexity index is 725. The number of anilines is 2. The van der Waals surface area contributed by atoms with Gasteiger partial charge < -0.3 is 10.6 Å². The molecule has 112 valence electrons. The van der Waals surface area contributed by atoms with Crippen LogP contribution in [0.5, 0.6) is 0 Å². The zero-order valence-corrected chi connectivity index (χ0v) is 12.3. The van der Waals surface area contributed by atoms with Crippen LogP contribution >= 0.6 is 0 Å². The number of para-hydroxylation sites is 1. The zero-order valence-electron chi connectivity index (χ0n) is 12.3. The van der Waals surface area contributed by atoms with Gasteiger partial charge in [-0.15, -0.1) is 0 Å². The van der Waals surface area contributed by atoms with Gasteiger partial charge >= 0.3 is 0 Å². The van der Waals surface area contributed by atoms with Crippen molar-refractivity contribution in [3.8, 4) is 0 Å². The molecule has 5 nitrogen and oxygen atoms in total. The lowest BCUT2D eigenvalue weighted by atomic mass is 10.1. The average Bonchev–Trinajstić information content (AvgIpc) is 2.65. The number of nitrogen functional groups attached to an aromatic ring is 1. The van der Waals surface area contributed by atoms with Gasteiger partial charge in [-0.3, -0.25) is 14.5 Å². The predicted molar refractivity (Wildman–Crippen MR) is 85.4 cm³/mol. The standard InChI is InChI=1S/C17H17N3O2/c1-19-11-20(17(22)12-6-8-14(18)9-7-12)15-5-3-2-4-13(15)10-16(19)21/h2-9H,10-11,18H2,1H3. The Morgan fingerprint density at radius 3 is 2.50 bits per heavy atom. The number of fused-ring (bicyclic) bond motifs is 1. The number of benzene rings is 2. The topological polar surface area (TPSA) is 66.6 Å². The maximum atomic E-state index is 12.8. The fourth-order valence-electron chi connectivity index (χ4n) is 2.54. The van der Waals surface area contributed by atoms with Crippen LogP contribution in [-0.4, -0.2) is 30.4 Å². The van der Waals surface area contributed by atoms with E-state index < -0.39 is 0 Å². The Labute approximate surface area is 128 Å². The van der Waals surface area contributed by atoms with Gasteiger partial charge in [-0.1, -0.05) is 18.2 Å². The molecule has 0 aliphatic carbocycles. The van der Waals surface area contributed by atoms with E-state index in [2.05, 4.69) is 0 Å². The molecule has 3 rings (SSSR count). The highest BCUT2D eigenvalue weighted by atomic mass is 16.2. The maximum Gasteiger partial charge on any atom is 0.259 e.